The maximum Gasteiger partial charge on any atom is 0.0250 e. The van der Waals surface area contributed by atoms with Crippen molar-refractivity contribution in [2.24, 2.45) is 0 Å². The van der Waals surface area contributed by atoms with Gasteiger partial charge in [-0.3, -0.25) is 0 Å². The summed E-state index contributed by atoms with van der Waals surface area (Å²) >= 11 is 3.56. The Morgan fingerprint density at radius 1 is 1.33 bits per heavy atom. The fourth-order valence-electron chi connectivity index (χ4n) is 1.83. The molecule has 1 aromatic rings. The van der Waals surface area contributed by atoms with Crippen LogP contribution in [0.2, 0.25) is 0 Å². The van der Waals surface area contributed by atoms with E-state index in [0.717, 1.165) is 0 Å². The van der Waals surface area contributed by atoms with Crippen molar-refractivity contribution in [3.05, 3.63) is 39.4 Å². The zero-order valence-electron chi connectivity index (χ0n) is 7.26. The van der Waals surface area contributed by atoms with E-state index >= 15 is 0 Å². The van der Waals surface area contributed by atoms with E-state index in [4.69, 9.17) is 0 Å². The van der Waals surface area contributed by atoms with Crippen LogP contribution in [0.5, 0.6) is 0 Å². The number of aryl methyl sites for hydroxylation is 1. The number of halogens is 1. The molecule has 62 valence electrons. The predicted molar refractivity (Wildman–Crippen MR) is 56.3 cm³/mol. The van der Waals surface area contributed by atoms with Crippen molar-refractivity contribution in [1.82, 2.24) is 0 Å². The molecular weight excluding hydrogens is 212 g/mol. The lowest BCUT2D eigenvalue weighted by atomic mass is 9.97. The summed E-state index contributed by atoms with van der Waals surface area (Å²) in [5.74, 6) is 0.581. The van der Waals surface area contributed by atoms with Gasteiger partial charge in [0, 0.05) is 10.4 Å². The Labute approximate surface area is 81.4 Å². The monoisotopic (exact) mass is 222 g/mol. The van der Waals surface area contributed by atoms with Gasteiger partial charge in [0.2, 0.25) is 0 Å². The summed E-state index contributed by atoms with van der Waals surface area (Å²) in [6.07, 6.45) is 4.46. The van der Waals surface area contributed by atoms with E-state index in [1.54, 1.807) is 0 Å². The van der Waals surface area contributed by atoms with Gasteiger partial charge in [0.1, 0.15) is 0 Å². The number of fused-ring (bicyclic) bond motifs is 1. The van der Waals surface area contributed by atoms with Crippen LogP contribution >= 0.6 is 15.9 Å². The van der Waals surface area contributed by atoms with Crippen LogP contribution in [0.4, 0.5) is 0 Å². The van der Waals surface area contributed by atoms with E-state index in [0.29, 0.717) is 5.92 Å². The van der Waals surface area contributed by atoms with Gasteiger partial charge in [-0.1, -0.05) is 41.1 Å². The first-order chi connectivity index (χ1) is 5.70. The molecular formula is C11H11Br. The third-order valence-corrected chi connectivity index (χ3v) is 3.15. The molecule has 0 saturated heterocycles. The highest BCUT2D eigenvalue weighted by Gasteiger charge is 2.16. The summed E-state index contributed by atoms with van der Waals surface area (Å²) in [6, 6.07) is 4.29. The van der Waals surface area contributed by atoms with Crippen molar-refractivity contribution in [3.63, 3.8) is 0 Å². The first-order valence-electron chi connectivity index (χ1n) is 4.17. The second kappa shape index (κ2) is 2.74. The van der Waals surface area contributed by atoms with Crippen molar-refractivity contribution in [2.45, 2.75) is 19.8 Å². The van der Waals surface area contributed by atoms with Crippen LogP contribution in [0.25, 0.3) is 6.08 Å². The highest BCUT2D eigenvalue weighted by atomic mass is 79.9. The minimum atomic E-state index is 0.581. The molecule has 0 radical (unpaired) electrons. The Bertz CT molecular complexity index is 350. The fraction of sp³-hybridized carbons (Fsp3) is 0.273. The molecule has 0 nitrogen and oxygen atoms in total. The van der Waals surface area contributed by atoms with Crippen LogP contribution in [-0.2, 0) is 0 Å². The SMILES string of the molecule is Cc1ccc(Br)c2c1C(C)C=C2. The molecule has 2 rings (SSSR count). The Morgan fingerprint density at radius 2 is 2.08 bits per heavy atom. The van der Waals surface area contributed by atoms with Gasteiger partial charge in [0.05, 0.1) is 0 Å². The van der Waals surface area contributed by atoms with Crippen molar-refractivity contribution in [2.75, 3.05) is 0 Å². The molecule has 0 fully saturated rings. The molecule has 1 heteroatoms. The van der Waals surface area contributed by atoms with E-state index in [2.05, 4.69) is 54.1 Å². The van der Waals surface area contributed by atoms with E-state index in [9.17, 15) is 0 Å². The highest BCUT2D eigenvalue weighted by molar-refractivity contribution is 9.10. The molecule has 0 heterocycles. The van der Waals surface area contributed by atoms with Gasteiger partial charge in [-0.25, -0.2) is 0 Å². The molecule has 12 heavy (non-hydrogen) atoms. The number of hydrogen-bond donors (Lipinski definition) is 0. The van der Waals surface area contributed by atoms with E-state index in [-0.39, 0.29) is 0 Å². The summed E-state index contributed by atoms with van der Waals surface area (Å²) in [7, 11) is 0. The van der Waals surface area contributed by atoms with Crippen LogP contribution in [0.15, 0.2) is 22.7 Å². The van der Waals surface area contributed by atoms with Gasteiger partial charge in [0.25, 0.3) is 0 Å². The summed E-state index contributed by atoms with van der Waals surface area (Å²) in [6.45, 7) is 4.41. The minimum Gasteiger partial charge on any atom is -0.0766 e. The van der Waals surface area contributed by atoms with Gasteiger partial charge in [0.15, 0.2) is 0 Å². The molecule has 1 unspecified atom stereocenters. The average molecular weight is 223 g/mol. The molecule has 1 aliphatic carbocycles. The fourth-order valence-corrected chi connectivity index (χ4v) is 2.31. The maximum atomic E-state index is 3.56. The largest absolute Gasteiger partial charge is 0.0766 e. The number of hydrogen-bond acceptors (Lipinski definition) is 0. The van der Waals surface area contributed by atoms with Gasteiger partial charge in [-0.2, -0.15) is 0 Å². The van der Waals surface area contributed by atoms with Crippen molar-refractivity contribution < 1.29 is 0 Å². The van der Waals surface area contributed by atoms with Crippen LogP contribution in [0, 0.1) is 6.92 Å². The van der Waals surface area contributed by atoms with Crippen LogP contribution in [0.3, 0.4) is 0 Å². The maximum absolute atomic E-state index is 3.56. The molecule has 0 N–H and O–H groups in total. The topological polar surface area (TPSA) is 0 Å². The van der Waals surface area contributed by atoms with Gasteiger partial charge in [-0.15, -0.1) is 0 Å². The third-order valence-electron chi connectivity index (χ3n) is 2.46. The first-order valence-corrected chi connectivity index (χ1v) is 4.96. The Morgan fingerprint density at radius 3 is 2.75 bits per heavy atom. The van der Waals surface area contributed by atoms with E-state index in [1.165, 1.54) is 21.2 Å². The summed E-state index contributed by atoms with van der Waals surface area (Å²) in [5.41, 5.74) is 4.23. The van der Waals surface area contributed by atoms with Crippen molar-refractivity contribution >= 4 is 22.0 Å². The lowest BCUT2D eigenvalue weighted by molar-refractivity contribution is 0.972. The standard InChI is InChI=1S/C11H11Br/c1-7-3-5-9-10(12)6-4-8(2)11(7)9/h3-7H,1-2H3. The Balaban J connectivity index is 2.71. The smallest absolute Gasteiger partial charge is 0.0250 e. The normalized spacial score (nSPS) is 19.8. The molecule has 0 aliphatic heterocycles. The number of allylic oxidation sites excluding steroid dienone is 1. The zero-order valence-corrected chi connectivity index (χ0v) is 8.85. The number of benzene rings is 1. The van der Waals surface area contributed by atoms with Crippen LogP contribution in [-0.4, -0.2) is 0 Å². The second-order valence-corrected chi connectivity index (χ2v) is 4.19. The summed E-state index contributed by atoms with van der Waals surface area (Å²) in [5, 5.41) is 0. The van der Waals surface area contributed by atoms with Crippen LogP contribution in [0.1, 0.15) is 29.5 Å². The van der Waals surface area contributed by atoms with E-state index in [1.807, 2.05) is 0 Å². The lowest BCUT2D eigenvalue weighted by Crippen LogP contribution is -1.92. The van der Waals surface area contributed by atoms with Gasteiger partial charge >= 0.3 is 0 Å². The molecule has 1 aromatic carbocycles. The molecule has 0 amide bonds. The molecule has 0 saturated carbocycles. The third kappa shape index (κ3) is 1.04. The predicted octanol–water partition coefficient (Wildman–Crippen LogP) is 3.89. The van der Waals surface area contributed by atoms with Crippen LogP contribution < -0.4 is 0 Å². The van der Waals surface area contributed by atoms with E-state index < -0.39 is 0 Å². The second-order valence-electron chi connectivity index (χ2n) is 3.34. The lowest BCUT2D eigenvalue weighted by Gasteiger charge is -2.09. The summed E-state index contributed by atoms with van der Waals surface area (Å²) in [4.78, 5) is 0. The molecule has 1 atom stereocenters. The Hall–Kier alpha value is -0.560. The first kappa shape index (κ1) is 8.06. The molecule has 0 aromatic heterocycles. The average Bonchev–Trinajstić information content (AvgIpc) is 2.42. The zero-order chi connectivity index (χ0) is 8.72. The van der Waals surface area contributed by atoms with Gasteiger partial charge < -0.3 is 0 Å². The van der Waals surface area contributed by atoms with Gasteiger partial charge in [-0.05, 0) is 29.7 Å². The quantitative estimate of drug-likeness (QED) is 0.625. The number of rotatable bonds is 0. The molecule has 0 spiro atoms. The molecule has 1 aliphatic rings. The Kier molecular flexibility index (Phi) is 1.84. The van der Waals surface area contributed by atoms with Crippen molar-refractivity contribution in [1.29, 1.82) is 0 Å². The molecule has 0 bridgehead atoms. The summed E-state index contributed by atoms with van der Waals surface area (Å²) < 4.78 is 1.21. The minimum absolute atomic E-state index is 0.581. The van der Waals surface area contributed by atoms with Crippen molar-refractivity contribution in [3.8, 4) is 0 Å². The highest BCUT2D eigenvalue weighted by Crippen LogP contribution is 2.36.